The maximum atomic E-state index is 6.33. The Labute approximate surface area is 136 Å². The van der Waals surface area contributed by atoms with Crippen molar-refractivity contribution in [3.63, 3.8) is 0 Å². The van der Waals surface area contributed by atoms with Gasteiger partial charge in [0.2, 0.25) is 0 Å². The van der Waals surface area contributed by atoms with Gasteiger partial charge in [-0.1, -0.05) is 39.2 Å². The van der Waals surface area contributed by atoms with E-state index in [2.05, 4.69) is 20.4 Å². The van der Waals surface area contributed by atoms with Gasteiger partial charge >= 0.3 is 7.12 Å². The molecule has 5 atom stereocenters. The molecule has 0 amide bonds. The van der Waals surface area contributed by atoms with Crippen LogP contribution in [0.25, 0.3) is 0 Å². The maximum Gasteiger partial charge on any atom is 0.475 e. The van der Waals surface area contributed by atoms with Crippen LogP contribution in [0.2, 0.25) is 0 Å². The molecule has 4 aliphatic rings. The summed E-state index contributed by atoms with van der Waals surface area (Å²) >= 11 is 0. The molecule has 1 heterocycles. The van der Waals surface area contributed by atoms with Crippen LogP contribution in [-0.2, 0) is 9.31 Å². The summed E-state index contributed by atoms with van der Waals surface area (Å²) in [5.41, 5.74) is 6.77. The quantitative estimate of drug-likeness (QED) is 0.422. The Balaban J connectivity index is 1.40. The molecule has 4 unspecified atom stereocenters. The number of nitrogens with two attached hydrogens (primary N) is 1. The van der Waals surface area contributed by atoms with E-state index in [9.17, 15) is 0 Å². The van der Waals surface area contributed by atoms with Crippen molar-refractivity contribution in [1.29, 1.82) is 0 Å². The first-order chi connectivity index (χ1) is 10.5. The summed E-state index contributed by atoms with van der Waals surface area (Å²) in [5, 5.41) is 0. The molecule has 1 aliphatic heterocycles. The lowest BCUT2D eigenvalue weighted by Gasteiger charge is -2.60. The summed E-state index contributed by atoms with van der Waals surface area (Å²) in [6.45, 7) is 8.54. The lowest BCUT2D eigenvalue weighted by Crippen LogP contribution is -2.59. The third-order valence-electron chi connectivity index (χ3n) is 6.47. The molecule has 3 saturated carbocycles. The Morgan fingerprint density at radius 3 is 2.73 bits per heavy atom. The molecule has 0 radical (unpaired) electrons. The van der Waals surface area contributed by atoms with Crippen LogP contribution in [0.5, 0.6) is 0 Å². The number of rotatable bonds is 8. The first kappa shape index (κ1) is 16.5. The van der Waals surface area contributed by atoms with Crippen LogP contribution in [0.4, 0.5) is 0 Å². The number of hydrogen-bond donors (Lipinski definition) is 1. The van der Waals surface area contributed by atoms with Crippen LogP contribution < -0.4 is 5.73 Å². The third kappa shape index (κ3) is 3.02. The van der Waals surface area contributed by atoms with Gasteiger partial charge in [-0.15, -0.1) is 6.58 Å². The van der Waals surface area contributed by atoms with Crippen LogP contribution in [-0.4, -0.2) is 25.3 Å². The van der Waals surface area contributed by atoms with Crippen molar-refractivity contribution in [2.75, 3.05) is 0 Å². The summed E-state index contributed by atoms with van der Waals surface area (Å²) in [5.74, 6) is 1.53. The highest BCUT2D eigenvalue weighted by atomic mass is 16.7. The van der Waals surface area contributed by atoms with Gasteiger partial charge in [-0.3, -0.25) is 0 Å². The average molecular weight is 305 g/mol. The van der Waals surface area contributed by atoms with Gasteiger partial charge in [-0.05, 0) is 49.4 Å². The maximum absolute atomic E-state index is 6.33. The van der Waals surface area contributed by atoms with E-state index in [1.54, 1.807) is 0 Å². The van der Waals surface area contributed by atoms with Gasteiger partial charge in [0.05, 0.1) is 12.2 Å². The predicted molar refractivity (Wildman–Crippen MR) is 91.4 cm³/mol. The molecule has 1 saturated heterocycles. The highest BCUT2D eigenvalue weighted by Gasteiger charge is 2.62. The molecular formula is C18H32BNO2. The number of allylic oxidation sites excluding steroid dienone is 1. The van der Waals surface area contributed by atoms with Gasteiger partial charge in [0.1, 0.15) is 0 Å². The topological polar surface area (TPSA) is 44.5 Å². The van der Waals surface area contributed by atoms with Crippen LogP contribution >= 0.6 is 0 Å². The fraction of sp³-hybridized carbons (Fsp3) is 0.889. The van der Waals surface area contributed by atoms with Crippen LogP contribution in [0, 0.1) is 17.3 Å². The van der Waals surface area contributed by atoms with E-state index >= 15 is 0 Å². The molecule has 0 aromatic heterocycles. The zero-order chi connectivity index (χ0) is 15.7. The highest BCUT2D eigenvalue weighted by molar-refractivity contribution is 6.47. The summed E-state index contributed by atoms with van der Waals surface area (Å²) in [6, 6.07) is 0. The van der Waals surface area contributed by atoms with Gasteiger partial charge in [-0.25, -0.2) is 0 Å². The lowest BCUT2D eigenvalue weighted by molar-refractivity contribution is -0.150. The Kier molecular flexibility index (Phi) is 5.01. The number of unbranched alkanes of at least 4 members (excludes halogenated alkanes) is 4. The molecule has 0 aromatic rings. The Morgan fingerprint density at radius 1 is 1.23 bits per heavy atom. The van der Waals surface area contributed by atoms with Crippen LogP contribution in [0.1, 0.15) is 65.2 Å². The van der Waals surface area contributed by atoms with Crippen molar-refractivity contribution in [2.45, 2.75) is 83.4 Å². The van der Waals surface area contributed by atoms with Crippen LogP contribution in [0.3, 0.4) is 0 Å². The molecule has 22 heavy (non-hydrogen) atoms. The van der Waals surface area contributed by atoms with Gasteiger partial charge in [0, 0.05) is 5.94 Å². The SMILES string of the molecule is C=CCCCCCC[C@@H](N)B1OC2CC3CC(C2O1)C3(C)C. The molecule has 4 heteroatoms. The Morgan fingerprint density at radius 2 is 2.00 bits per heavy atom. The lowest BCUT2D eigenvalue weighted by atomic mass is 9.47. The highest BCUT2D eigenvalue weighted by Crippen LogP contribution is 2.61. The molecule has 4 fully saturated rings. The molecule has 0 spiro atoms. The van der Waals surface area contributed by atoms with Crippen molar-refractivity contribution < 1.29 is 9.31 Å². The molecule has 3 nitrogen and oxygen atoms in total. The van der Waals surface area contributed by atoms with Crippen molar-refractivity contribution in [3.05, 3.63) is 12.7 Å². The Bertz CT molecular complexity index is 401. The third-order valence-corrected chi connectivity index (χ3v) is 6.47. The van der Waals surface area contributed by atoms with Gasteiger partial charge in [0.25, 0.3) is 0 Å². The summed E-state index contributed by atoms with van der Waals surface area (Å²) in [6.07, 6.45) is 12.2. The second kappa shape index (κ2) is 6.66. The minimum Gasteiger partial charge on any atom is -0.405 e. The van der Waals surface area contributed by atoms with E-state index < -0.39 is 0 Å². The van der Waals surface area contributed by atoms with E-state index in [-0.39, 0.29) is 13.1 Å². The second-order valence-electron chi connectivity index (χ2n) is 8.18. The second-order valence-corrected chi connectivity index (χ2v) is 8.18. The normalized spacial score (nSPS) is 36.6. The molecule has 3 aliphatic carbocycles. The molecule has 2 bridgehead atoms. The largest absolute Gasteiger partial charge is 0.475 e. The minimum absolute atomic E-state index is 0.0327. The predicted octanol–water partition coefficient (Wildman–Crippen LogP) is 3.72. The smallest absolute Gasteiger partial charge is 0.405 e. The first-order valence-electron chi connectivity index (χ1n) is 9.21. The minimum atomic E-state index is -0.168. The van der Waals surface area contributed by atoms with Crippen molar-refractivity contribution >= 4 is 7.12 Å². The average Bonchev–Trinajstić information content (AvgIpc) is 2.94. The molecule has 124 valence electrons. The fourth-order valence-corrected chi connectivity index (χ4v) is 4.72. The van der Waals surface area contributed by atoms with Crippen molar-refractivity contribution in [3.8, 4) is 0 Å². The molecular weight excluding hydrogens is 273 g/mol. The Hall–Kier alpha value is -0.315. The standard InChI is InChI=1S/C18H32BNO2/c1-4-5-6-7-8-9-10-16(20)19-21-15-12-13-11-14(17(15)22-19)18(13,2)3/h4,13-17H,1,5-12,20H2,2-3H3/t13?,14?,15?,16-,17?/m1/s1. The zero-order valence-electron chi connectivity index (χ0n) is 14.3. The van der Waals surface area contributed by atoms with E-state index in [0.29, 0.717) is 23.5 Å². The molecule has 0 aromatic carbocycles. The number of hydrogen-bond acceptors (Lipinski definition) is 3. The van der Waals surface area contributed by atoms with Crippen molar-refractivity contribution in [2.24, 2.45) is 23.0 Å². The van der Waals surface area contributed by atoms with Gasteiger partial charge < -0.3 is 15.0 Å². The molecule has 4 rings (SSSR count). The van der Waals surface area contributed by atoms with E-state index in [1.807, 2.05) is 6.08 Å². The summed E-state index contributed by atoms with van der Waals surface area (Å²) in [4.78, 5) is 0. The van der Waals surface area contributed by atoms with Crippen molar-refractivity contribution in [1.82, 2.24) is 0 Å². The van der Waals surface area contributed by atoms with Crippen LogP contribution in [0.15, 0.2) is 12.7 Å². The zero-order valence-corrected chi connectivity index (χ0v) is 14.3. The van der Waals surface area contributed by atoms with E-state index in [0.717, 1.165) is 18.8 Å². The van der Waals surface area contributed by atoms with Gasteiger partial charge in [-0.2, -0.15) is 0 Å². The summed E-state index contributed by atoms with van der Waals surface area (Å²) < 4.78 is 12.4. The van der Waals surface area contributed by atoms with E-state index in [1.165, 1.54) is 38.5 Å². The monoisotopic (exact) mass is 305 g/mol. The van der Waals surface area contributed by atoms with Gasteiger partial charge in [0.15, 0.2) is 0 Å². The fourth-order valence-electron chi connectivity index (χ4n) is 4.72. The summed E-state index contributed by atoms with van der Waals surface area (Å²) in [7, 11) is -0.168. The molecule has 2 N–H and O–H groups in total. The van der Waals surface area contributed by atoms with E-state index in [4.69, 9.17) is 15.0 Å². The first-order valence-corrected chi connectivity index (χ1v) is 9.21.